The van der Waals surface area contributed by atoms with Gasteiger partial charge in [0, 0.05) is 25.3 Å². The lowest BCUT2D eigenvalue weighted by molar-refractivity contribution is -0.192. The molecule has 0 spiro atoms. The first kappa shape index (κ1) is 32.0. The van der Waals surface area contributed by atoms with Crippen molar-refractivity contribution in [1.29, 1.82) is 0 Å². The van der Waals surface area contributed by atoms with Crippen molar-refractivity contribution in [3.8, 4) is 5.75 Å². The fourth-order valence-electron chi connectivity index (χ4n) is 4.91. The summed E-state index contributed by atoms with van der Waals surface area (Å²) < 4.78 is 65.3. The van der Waals surface area contributed by atoms with Crippen LogP contribution in [-0.4, -0.2) is 81.0 Å². The molecule has 14 heteroatoms. The van der Waals surface area contributed by atoms with Gasteiger partial charge in [-0.3, -0.25) is 4.72 Å². The van der Waals surface area contributed by atoms with E-state index in [0.717, 1.165) is 45.6 Å². The van der Waals surface area contributed by atoms with Crippen molar-refractivity contribution >= 4 is 33.3 Å². The number of ether oxygens (including phenoxy) is 1. The molecule has 0 radical (unpaired) electrons. The fraction of sp³-hybridized carbons (Fsp3) is 0.481. The van der Waals surface area contributed by atoms with Crippen LogP contribution in [0.15, 0.2) is 47.4 Å². The minimum absolute atomic E-state index is 0.0812. The number of likely N-dealkylation sites (tertiary alicyclic amines) is 1. The SMILES string of the molecule is CCOc1ccc(S(=O)(=O)Nc2ccc(N3CCCC(CN4CCCC4)C3)c(C(=O)O)c2)cc1.O=C(O)C(F)(F)F. The predicted octanol–water partition coefficient (Wildman–Crippen LogP) is 4.53. The number of benzene rings is 2. The molecule has 2 fully saturated rings. The van der Waals surface area contributed by atoms with Crippen LogP contribution >= 0.6 is 0 Å². The third-order valence-electron chi connectivity index (χ3n) is 6.74. The number of anilines is 2. The van der Waals surface area contributed by atoms with Crippen molar-refractivity contribution in [2.24, 2.45) is 5.92 Å². The second kappa shape index (κ2) is 13.9. The lowest BCUT2D eigenvalue weighted by atomic mass is 9.96. The van der Waals surface area contributed by atoms with E-state index in [9.17, 15) is 31.5 Å². The Bertz CT molecular complexity index is 1300. The van der Waals surface area contributed by atoms with Crippen molar-refractivity contribution < 1.29 is 46.1 Å². The number of aromatic carboxylic acids is 1. The molecule has 0 bridgehead atoms. The van der Waals surface area contributed by atoms with E-state index in [-0.39, 0.29) is 16.1 Å². The van der Waals surface area contributed by atoms with E-state index in [4.69, 9.17) is 14.6 Å². The minimum atomic E-state index is -5.08. The van der Waals surface area contributed by atoms with Gasteiger partial charge in [-0.1, -0.05) is 0 Å². The Hall–Kier alpha value is -3.52. The number of sulfonamides is 1. The first-order valence-corrected chi connectivity index (χ1v) is 14.7. The standard InChI is InChI=1S/C25H33N3O5S.C2HF3O2/c1-2-33-21-8-10-22(11-9-21)34(31,32)26-20-7-12-24(23(16-20)25(29)30)28-15-5-6-19(18-28)17-27-13-3-4-14-27;3-2(4,5)1(6)7/h7-12,16,19,26H,2-6,13-15,17-18H2,1H3,(H,29,30);(H,6,7). The van der Waals surface area contributed by atoms with Gasteiger partial charge >= 0.3 is 18.1 Å². The second-order valence-electron chi connectivity index (χ2n) is 9.81. The van der Waals surface area contributed by atoms with E-state index in [1.165, 1.54) is 31.0 Å². The normalized spacial score (nSPS) is 17.9. The number of rotatable bonds is 9. The Labute approximate surface area is 236 Å². The average molecular weight is 602 g/mol. The Morgan fingerprint density at radius 2 is 1.66 bits per heavy atom. The van der Waals surface area contributed by atoms with Gasteiger partial charge in [0.15, 0.2) is 0 Å². The van der Waals surface area contributed by atoms with Gasteiger partial charge in [-0.05, 0) is 94.1 Å². The molecule has 2 aliphatic rings. The molecule has 2 heterocycles. The molecule has 2 saturated heterocycles. The van der Waals surface area contributed by atoms with Gasteiger partial charge in [0.25, 0.3) is 10.0 Å². The smallest absolute Gasteiger partial charge is 0.490 e. The number of carboxylic acids is 2. The van der Waals surface area contributed by atoms with E-state index in [0.29, 0.717) is 24.0 Å². The van der Waals surface area contributed by atoms with Crippen molar-refractivity contribution in [1.82, 2.24) is 4.90 Å². The molecule has 0 saturated carbocycles. The van der Waals surface area contributed by atoms with Gasteiger partial charge in [0.05, 0.1) is 22.8 Å². The highest BCUT2D eigenvalue weighted by atomic mass is 32.2. The molecule has 4 rings (SSSR count). The number of carbonyl (C=O) groups is 2. The summed E-state index contributed by atoms with van der Waals surface area (Å²) in [4.78, 5) is 25.7. The molecular weight excluding hydrogens is 567 g/mol. The summed E-state index contributed by atoms with van der Waals surface area (Å²) in [6.07, 6.45) is -0.402. The molecule has 0 aliphatic carbocycles. The highest BCUT2D eigenvalue weighted by Gasteiger charge is 2.38. The highest BCUT2D eigenvalue weighted by Crippen LogP contribution is 2.30. The number of halogens is 3. The second-order valence-corrected chi connectivity index (χ2v) is 11.5. The van der Waals surface area contributed by atoms with Crippen LogP contribution in [0, 0.1) is 5.92 Å². The molecule has 10 nitrogen and oxygen atoms in total. The fourth-order valence-corrected chi connectivity index (χ4v) is 5.96. The number of alkyl halides is 3. The molecule has 1 atom stereocenters. The van der Waals surface area contributed by atoms with Crippen molar-refractivity contribution in [2.75, 3.05) is 49.0 Å². The van der Waals surface area contributed by atoms with Gasteiger partial charge in [-0.15, -0.1) is 0 Å². The summed E-state index contributed by atoms with van der Waals surface area (Å²) in [6.45, 7) is 7.32. The first-order chi connectivity index (χ1) is 19.3. The maximum absolute atomic E-state index is 12.8. The van der Waals surface area contributed by atoms with Crippen molar-refractivity contribution in [3.63, 3.8) is 0 Å². The maximum atomic E-state index is 12.8. The Kier molecular flexibility index (Phi) is 10.8. The number of carboxylic acid groups (broad SMARTS) is 2. The molecule has 2 aromatic carbocycles. The van der Waals surface area contributed by atoms with Crippen LogP contribution in [0.2, 0.25) is 0 Å². The van der Waals surface area contributed by atoms with Crippen LogP contribution in [0.5, 0.6) is 5.75 Å². The lowest BCUT2D eigenvalue weighted by Gasteiger charge is -2.36. The largest absolute Gasteiger partial charge is 0.494 e. The molecule has 3 N–H and O–H groups in total. The topological polar surface area (TPSA) is 136 Å². The number of piperidine rings is 1. The summed E-state index contributed by atoms with van der Waals surface area (Å²) in [5.74, 6) is -2.74. The van der Waals surface area contributed by atoms with Gasteiger partial charge in [0.1, 0.15) is 5.75 Å². The van der Waals surface area contributed by atoms with E-state index < -0.39 is 28.1 Å². The predicted molar refractivity (Wildman–Crippen MR) is 146 cm³/mol. The molecule has 226 valence electrons. The number of aliphatic carboxylic acids is 1. The van der Waals surface area contributed by atoms with E-state index in [2.05, 4.69) is 14.5 Å². The Morgan fingerprint density at radius 1 is 1.02 bits per heavy atom. The zero-order valence-electron chi connectivity index (χ0n) is 22.6. The van der Waals surface area contributed by atoms with Crippen LogP contribution in [0.4, 0.5) is 24.5 Å². The average Bonchev–Trinajstić information content (AvgIpc) is 3.42. The summed E-state index contributed by atoms with van der Waals surface area (Å²) >= 11 is 0. The van der Waals surface area contributed by atoms with E-state index in [1.807, 2.05) is 6.92 Å². The van der Waals surface area contributed by atoms with Crippen LogP contribution in [0.25, 0.3) is 0 Å². The minimum Gasteiger partial charge on any atom is -0.494 e. The first-order valence-electron chi connectivity index (χ1n) is 13.2. The number of nitrogens with zero attached hydrogens (tertiary/aromatic N) is 2. The van der Waals surface area contributed by atoms with Gasteiger partial charge < -0.3 is 24.7 Å². The van der Waals surface area contributed by atoms with Crippen LogP contribution < -0.4 is 14.4 Å². The zero-order valence-corrected chi connectivity index (χ0v) is 23.4. The summed E-state index contributed by atoms with van der Waals surface area (Å²) in [5, 5.41) is 17.0. The molecular formula is C27H34F3N3O7S. The molecule has 1 unspecified atom stereocenters. The summed E-state index contributed by atoms with van der Waals surface area (Å²) in [5.41, 5.74) is 0.969. The van der Waals surface area contributed by atoms with Crippen LogP contribution in [0.3, 0.4) is 0 Å². The summed E-state index contributed by atoms with van der Waals surface area (Å²) in [6, 6.07) is 10.9. The monoisotopic (exact) mass is 601 g/mol. The van der Waals surface area contributed by atoms with Crippen molar-refractivity contribution in [3.05, 3.63) is 48.0 Å². The Morgan fingerprint density at radius 3 is 2.22 bits per heavy atom. The van der Waals surface area contributed by atoms with Gasteiger partial charge in [-0.2, -0.15) is 13.2 Å². The third kappa shape index (κ3) is 9.25. The third-order valence-corrected chi connectivity index (χ3v) is 8.14. The highest BCUT2D eigenvalue weighted by molar-refractivity contribution is 7.92. The molecule has 0 aromatic heterocycles. The summed E-state index contributed by atoms with van der Waals surface area (Å²) in [7, 11) is -3.87. The molecule has 0 amide bonds. The number of hydrogen-bond donors (Lipinski definition) is 3. The van der Waals surface area contributed by atoms with Crippen molar-refractivity contribution in [2.45, 2.75) is 43.7 Å². The van der Waals surface area contributed by atoms with Gasteiger partial charge in [-0.25, -0.2) is 18.0 Å². The molecule has 2 aromatic rings. The Balaban J connectivity index is 0.000000587. The number of hydrogen-bond acceptors (Lipinski definition) is 7. The van der Waals surface area contributed by atoms with Crippen LogP contribution in [0.1, 0.15) is 43.0 Å². The van der Waals surface area contributed by atoms with Crippen LogP contribution in [-0.2, 0) is 14.8 Å². The zero-order chi connectivity index (χ0) is 30.2. The lowest BCUT2D eigenvalue weighted by Crippen LogP contribution is -2.41. The molecule has 2 aliphatic heterocycles. The number of nitrogens with one attached hydrogen (secondary N) is 1. The van der Waals surface area contributed by atoms with E-state index in [1.54, 1.807) is 24.3 Å². The van der Waals surface area contributed by atoms with Gasteiger partial charge in [0.2, 0.25) is 0 Å². The maximum Gasteiger partial charge on any atom is 0.490 e. The van der Waals surface area contributed by atoms with E-state index >= 15 is 0 Å². The molecule has 41 heavy (non-hydrogen) atoms. The quantitative estimate of drug-likeness (QED) is 0.379.